The molecular weight excluding hydrogens is 315 g/mol. The van der Waals surface area contributed by atoms with Crippen LogP contribution in [0.2, 0.25) is 0 Å². The highest BCUT2D eigenvalue weighted by molar-refractivity contribution is 5.40. The number of ether oxygens (including phenoxy) is 1. The predicted molar refractivity (Wildman–Crippen MR) is 78.9 cm³/mol. The lowest BCUT2D eigenvalue weighted by Gasteiger charge is -2.16. The van der Waals surface area contributed by atoms with Crippen LogP contribution < -0.4 is 11.4 Å². The van der Waals surface area contributed by atoms with Gasteiger partial charge >= 0.3 is 5.69 Å². The molecule has 2 atom stereocenters. The number of aryl methyl sites for hydroxylation is 1. The van der Waals surface area contributed by atoms with E-state index in [0.717, 1.165) is 4.57 Å². The Morgan fingerprint density at radius 2 is 2.22 bits per heavy atom. The number of hydrogen-bond acceptors (Lipinski definition) is 5. The van der Waals surface area contributed by atoms with Crippen LogP contribution in [0.5, 0.6) is 0 Å². The molecule has 2 unspecified atom stereocenters. The first kappa shape index (κ1) is 18.9. The highest BCUT2D eigenvalue weighted by atomic mass is 19.1. The van der Waals surface area contributed by atoms with Crippen molar-refractivity contribution in [2.24, 2.45) is 0 Å². The Kier molecular flexibility index (Phi) is 6.98. The minimum Gasteiger partial charge on any atom is -0.393 e. The molecule has 1 aliphatic rings. The highest BCUT2D eigenvalue weighted by Gasteiger charge is 2.35. The molecule has 9 heteroatoms. The SMILES string of the molecule is C=C1/C(=C\F)C(CO)OC1n1cc(CCF)c(N)nc1=O.CF. The zero-order valence-corrected chi connectivity index (χ0v) is 12.5. The van der Waals surface area contributed by atoms with Crippen molar-refractivity contribution in [3.63, 3.8) is 0 Å². The van der Waals surface area contributed by atoms with Crippen molar-refractivity contribution in [3.8, 4) is 0 Å². The van der Waals surface area contributed by atoms with E-state index in [0.29, 0.717) is 12.7 Å². The van der Waals surface area contributed by atoms with Gasteiger partial charge in [0.05, 0.1) is 26.8 Å². The molecule has 1 fully saturated rings. The van der Waals surface area contributed by atoms with E-state index in [4.69, 9.17) is 15.6 Å². The Labute approximate surface area is 130 Å². The summed E-state index contributed by atoms with van der Waals surface area (Å²) in [5.74, 6) is -0.0579. The Morgan fingerprint density at radius 1 is 1.57 bits per heavy atom. The van der Waals surface area contributed by atoms with Gasteiger partial charge in [0.1, 0.15) is 11.9 Å². The lowest BCUT2D eigenvalue weighted by atomic mass is 10.1. The molecule has 3 N–H and O–H groups in total. The summed E-state index contributed by atoms with van der Waals surface area (Å²) in [7, 11) is 0.500. The zero-order valence-electron chi connectivity index (χ0n) is 12.5. The molecule has 1 saturated heterocycles. The summed E-state index contributed by atoms with van der Waals surface area (Å²) >= 11 is 0. The smallest absolute Gasteiger partial charge is 0.351 e. The number of aromatic nitrogens is 2. The molecule has 1 aromatic heterocycles. The molecular formula is C14H18F3N3O3. The van der Waals surface area contributed by atoms with Crippen LogP contribution >= 0.6 is 0 Å². The van der Waals surface area contributed by atoms with Crippen LogP contribution in [0.4, 0.5) is 19.0 Å². The van der Waals surface area contributed by atoms with E-state index in [1.807, 2.05) is 0 Å². The fourth-order valence-electron chi connectivity index (χ4n) is 2.16. The molecule has 0 spiro atoms. The summed E-state index contributed by atoms with van der Waals surface area (Å²) in [6.07, 6.45) is -0.338. The number of nitrogen functional groups attached to an aromatic ring is 1. The van der Waals surface area contributed by atoms with Gasteiger partial charge in [0.2, 0.25) is 0 Å². The van der Waals surface area contributed by atoms with Crippen LogP contribution in [0.15, 0.2) is 35.0 Å². The highest BCUT2D eigenvalue weighted by Crippen LogP contribution is 2.36. The molecule has 1 aromatic rings. The molecule has 0 saturated carbocycles. The monoisotopic (exact) mass is 333 g/mol. The predicted octanol–water partition coefficient (Wildman–Crippen LogP) is 1.22. The maximum absolute atomic E-state index is 12.9. The first-order valence-electron chi connectivity index (χ1n) is 6.60. The van der Waals surface area contributed by atoms with Crippen molar-refractivity contribution in [3.05, 3.63) is 46.3 Å². The molecule has 0 amide bonds. The summed E-state index contributed by atoms with van der Waals surface area (Å²) in [5.41, 5.74) is 5.43. The summed E-state index contributed by atoms with van der Waals surface area (Å²) in [5, 5.41) is 9.16. The zero-order chi connectivity index (χ0) is 17.6. The third kappa shape index (κ3) is 3.80. The topological polar surface area (TPSA) is 90.4 Å². The Balaban J connectivity index is 0.00000127. The maximum atomic E-state index is 12.9. The number of aliphatic hydroxyl groups is 1. The molecule has 1 aliphatic heterocycles. The van der Waals surface area contributed by atoms with Crippen LogP contribution in [-0.2, 0) is 11.2 Å². The van der Waals surface area contributed by atoms with Crippen LogP contribution in [0.1, 0.15) is 11.8 Å². The van der Waals surface area contributed by atoms with Crippen molar-refractivity contribution in [2.75, 3.05) is 26.2 Å². The Morgan fingerprint density at radius 3 is 2.70 bits per heavy atom. The van der Waals surface area contributed by atoms with Gasteiger partial charge in [0.15, 0.2) is 6.23 Å². The second-order valence-electron chi connectivity index (χ2n) is 4.53. The average molecular weight is 333 g/mol. The number of aliphatic hydroxyl groups excluding tert-OH is 1. The minimum absolute atomic E-state index is 0.00640. The van der Waals surface area contributed by atoms with E-state index < -0.39 is 31.3 Å². The molecule has 23 heavy (non-hydrogen) atoms. The van der Waals surface area contributed by atoms with Crippen molar-refractivity contribution < 1.29 is 23.0 Å². The molecule has 0 radical (unpaired) electrons. The number of nitrogens with zero attached hydrogens (tertiary/aromatic N) is 2. The van der Waals surface area contributed by atoms with E-state index in [-0.39, 0.29) is 29.7 Å². The van der Waals surface area contributed by atoms with Gasteiger partial charge in [0.25, 0.3) is 0 Å². The van der Waals surface area contributed by atoms with Crippen molar-refractivity contribution in [1.82, 2.24) is 9.55 Å². The normalized spacial score (nSPS) is 22.1. The number of hydrogen-bond donors (Lipinski definition) is 2. The molecule has 128 valence electrons. The quantitative estimate of drug-likeness (QED) is 0.865. The van der Waals surface area contributed by atoms with Gasteiger partial charge in [-0.1, -0.05) is 6.58 Å². The van der Waals surface area contributed by atoms with Crippen molar-refractivity contribution >= 4 is 5.82 Å². The second kappa shape index (κ2) is 8.49. The molecule has 6 nitrogen and oxygen atoms in total. The van der Waals surface area contributed by atoms with Crippen LogP contribution in [0.25, 0.3) is 0 Å². The summed E-state index contributed by atoms with van der Waals surface area (Å²) in [6.45, 7) is 2.54. The van der Waals surface area contributed by atoms with Gasteiger partial charge in [-0.3, -0.25) is 13.3 Å². The second-order valence-corrected chi connectivity index (χ2v) is 4.53. The molecule has 0 bridgehead atoms. The first-order valence-corrected chi connectivity index (χ1v) is 6.60. The van der Waals surface area contributed by atoms with Gasteiger partial charge in [-0.2, -0.15) is 4.98 Å². The Bertz CT molecular complexity index is 646. The minimum atomic E-state index is -1.01. The van der Waals surface area contributed by atoms with Crippen molar-refractivity contribution in [2.45, 2.75) is 18.8 Å². The summed E-state index contributed by atoms with van der Waals surface area (Å²) in [4.78, 5) is 15.5. The molecule has 0 aliphatic carbocycles. The van der Waals surface area contributed by atoms with E-state index >= 15 is 0 Å². The molecule has 2 rings (SSSR count). The van der Waals surface area contributed by atoms with Crippen LogP contribution in [0, 0.1) is 0 Å². The number of anilines is 1. The van der Waals surface area contributed by atoms with Gasteiger partial charge in [-0.05, 0) is 0 Å². The van der Waals surface area contributed by atoms with E-state index in [1.54, 1.807) is 0 Å². The van der Waals surface area contributed by atoms with Gasteiger partial charge in [-0.15, -0.1) is 0 Å². The van der Waals surface area contributed by atoms with E-state index in [9.17, 15) is 18.0 Å². The van der Waals surface area contributed by atoms with Crippen molar-refractivity contribution in [1.29, 1.82) is 0 Å². The third-order valence-electron chi connectivity index (χ3n) is 3.27. The third-order valence-corrected chi connectivity index (χ3v) is 3.27. The number of nitrogens with two attached hydrogens (primary N) is 1. The average Bonchev–Trinajstić information content (AvgIpc) is 2.88. The number of rotatable bonds is 4. The molecule has 0 aromatic carbocycles. The fourth-order valence-corrected chi connectivity index (χ4v) is 2.16. The maximum Gasteiger partial charge on any atom is 0.351 e. The van der Waals surface area contributed by atoms with E-state index in [2.05, 4.69) is 11.6 Å². The van der Waals surface area contributed by atoms with Gasteiger partial charge in [-0.25, -0.2) is 9.18 Å². The Hall–Kier alpha value is -2.13. The number of alkyl halides is 2. The summed E-state index contributed by atoms with van der Waals surface area (Å²) < 4.78 is 41.3. The standard InChI is InChI=1S/C13H15F2N3O3.CH3F/c1-7-9(4-15)10(6-19)21-12(7)18-5-8(2-3-14)11(16)17-13(18)20;1-2/h4-5,10,12,19H,1-3,6H2,(H2,16,17,20);1H3/b9-4+;. The number of halogens is 3. The largest absolute Gasteiger partial charge is 0.393 e. The van der Waals surface area contributed by atoms with Crippen LogP contribution in [0.3, 0.4) is 0 Å². The first-order chi connectivity index (χ1) is 11.0. The lowest BCUT2D eigenvalue weighted by Crippen LogP contribution is -2.29. The molecule has 2 heterocycles. The summed E-state index contributed by atoms with van der Waals surface area (Å²) in [6, 6.07) is 0. The van der Waals surface area contributed by atoms with Gasteiger partial charge in [0, 0.05) is 29.3 Å². The fraction of sp³-hybridized carbons (Fsp3) is 0.429. The van der Waals surface area contributed by atoms with Crippen LogP contribution in [-0.4, -0.2) is 41.2 Å². The van der Waals surface area contributed by atoms with Gasteiger partial charge < -0.3 is 15.6 Å². The lowest BCUT2D eigenvalue weighted by molar-refractivity contribution is -0.00829. The van der Waals surface area contributed by atoms with E-state index in [1.165, 1.54) is 6.20 Å².